The first-order valence-corrected chi connectivity index (χ1v) is 10.1. The second-order valence-electron chi connectivity index (χ2n) is 7.15. The topological polar surface area (TPSA) is 46.0 Å². The maximum Gasteiger partial charge on any atom is 0.251 e. The van der Waals surface area contributed by atoms with Crippen LogP contribution in [0.2, 0.25) is 10.0 Å². The molecule has 1 fully saturated rings. The molecular weight excluding hydrogens is 397 g/mol. The fraction of sp³-hybridized carbons (Fsp3) is 0.381. The maximum absolute atomic E-state index is 12.6. The third-order valence-corrected chi connectivity index (χ3v) is 5.83. The van der Waals surface area contributed by atoms with Gasteiger partial charge in [-0.25, -0.2) is 0 Å². The van der Waals surface area contributed by atoms with Crippen molar-refractivity contribution >= 4 is 34.8 Å². The molecule has 0 unspecified atom stereocenters. The first-order chi connectivity index (χ1) is 13.5. The van der Waals surface area contributed by atoms with Crippen molar-refractivity contribution in [3.05, 3.63) is 63.6 Å². The Labute approximate surface area is 176 Å². The summed E-state index contributed by atoms with van der Waals surface area (Å²) in [6, 6.07) is 13.6. The Bertz CT molecular complexity index is 806. The van der Waals surface area contributed by atoms with Crippen molar-refractivity contribution in [1.29, 1.82) is 0 Å². The van der Waals surface area contributed by atoms with Crippen LogP contribution >= 0.6 is 23.2 Å². The summed E-state index contributed by atoms with van der Waals surface area (Å²) in [6.45, 7) is 3.85. The number of hydrogen-bond donors (Lipinski definition) is 2. The van der Waals surface area contributed by atoms with E-state index in [1.165, 1.54) is 10.5 Å². The van der Waals surface area contributed by atoms with Crippen molar-refractivity contribution < 1.29 is 14.4 Å². The van der Waals surface area contributed by atoms with E-state index >= 15 is 0 Å². The Hall–Kier alpha value is -1.79. The quantitative estimate of drug-likeness (QED) is 0.751. The molecule has 2 aromatic rings. The third-order valence-electron chi connectivity index (χ3n) is 5.09. The van der Waals surface area contributed by atoms with Crippen LogP contribution in [0.1, 0.15) is 22.0 Å². The van der Waals surface area contributed by atoms with Crippen LogP contribution < -0.4 is 15.1 Å². The minimum Gasteiger partial charge on any atom is -0.378 e. The molecule has 0 radical (unpaired) electrons. The summed E-state index contributed by atoms with van der Waals surface area (Å²) < 4.78 is 5.51. The van der Waals surface area contributed by atoms with E-state index in [0.717, 1.165) is 32.0 Å². The molecule has 150 valence electrons. The number of hydrogen-bond acceptors (Lipinski definition) is 3. The van der Waals surface area contributed by atoms with Crippen LogP contribution in [0.5, 0.6) is 0 Å². The van der Waals surface area contributed by atoms with Gasteiger partial charge in [-0.05, 0) is 30.3 Å². The highest BCUT2D eigenvalue weighted by Gasteiger charge is 2.27. The number of nitrogens with one attached hydrogen (secondary N) is 2. The molecule has 1 heterocycles. The predicted molar refractivity (Wildman–Crippen MR) is 114 cm³/mol. The second kappa shape index (κ2) is 9.61. The molecule has 0 bridgehead atoms. The highest BCUT2D eigenvalue weighted by Crippen LogP contribution is 2.22. The minimum atomic E-state index is -0.152. The Morgan fingerprint density at radius 3 is 2.39 bits per heavy atom. The fourth-order valence-electron chi connectivity index (χ4n) is 3.42. The van der Waals surface area contributed by atoms with Crippen molar-refractivity contribution in [2.24, 2.45) is 0 Å². The maximum atomic E-state index is 12.6. The van der Waals surface area contributed by atoms with Crippen LogP contribution in [-0.4, -0.2) is 52.9 Å². The van der Waals surface area contributed by atoms with Gasteiger partial charge in [0, 0.05) is 30.9 Å². The van der Waals surface area contributed by atoms with E-state index in [0.29, 0.717) is 22.2 Å². The van der Waals surface area contributed by atoms with Crippen molar-refractivity contribution in [3.8, 4) is 0 Å². The first-order valence-electron chi connectivity index (χ1n) is 9.38. The second-order valence-corrected chi connectivity index (χ2v) is 7.96. The number of quaternary nitrogens is 1. The zero-order valence-corrected chi connectivity index (χ0v) is 17.7. The van der Waals surface area contributed by atoms with Crippen LogP contribution in [0.15, 0.2) is 42.5 Å². The number of anilines is 1. The van der Waals surface area contributed by atoms with Crippen molar-refractivity contribution in [1.82, 2.24) is 5.32 Å². The molecule has 1 aliphatic rings. The van der Waals surface area contributed by atoms with Crippen molar-refractivity contribution in [3.63, 3.8) is 0 Å². The molecule has 5 nitrogen and oxygen atoms in total. The first kappa shape index (κ1) is 20.9. The summed E-state index contributed by atoms with van der Waals surface area (Å²) in [5.74, 6) is -0.152. The molecule has 2 N–H and O–H groups in total. The van der Waals surface area contributed by atoms with Gasteiger partial charge in [0.15, 0.2) is 0 Å². The van der Waals surface area contributed by atoms with Crippen LogP contribution in [0.3, 0.4) is 0 Å². The summed E-state index contributed by atoms with van der Waals surface area (Å²) in [6.07, 6.45) is 0. The molecule has 28 heavy (non-hydrogen) atoms. The van der Waals surface area contributed by atoms with E-state index in [1.54, 1.807) is 18.2 Å². The summed E-state index contributed by atoms with van der Waals surface area (Å²) in [7, 11) is 4.05. The van der Waals surface area contributed by atoms with E-state index in [1.807, 2.05) is 14.1 Å². The average Bonchev–Trinajstić information content (AvgIpc) is 2.71. The Balaban J connectivity index is 1.75. The molecule has 1 saturated heterocycles. The lowest BCUT2D eigenvalue weighted by molar-refractivity contribution is -0.937. The number of amides is 1. The van der Waals surface area contributed by atoms with Crippen LogP contribution in [-0.2, 0) is 4.74 Å². The Morgan fingerprint density at radius 2 is 1.79 bits per heavy atom. The number of carbonyl (C=O) groups excluding carboxylic acids is 1. The molecule has 0 aromatic heterocycles. The monoisotopic (exact) mass is 422 g/mol. The van der Waals surface area contributed by atoms with Gasteiger partial charge in [0.2, 0.25) is 0 Å². The van der Waals surface area contributed by atoms with Gasteiger partial charge in [-0.15, -0.1) is 0 Å². The van der Waals surface area contributed by atoms with Crippen LogP contribution in [0.4, 0.5) is 5.69 Å². The van der Waals surface area contributed by atoms with E-state index in [2.05, 4.69) is 34.5 Å². The van der Waals surface area contributed by atoms with E-state index < -0.39 is 0 Å². The Morgan fingerprint density at radius 1 is 1.11 bits per heavy atom. The fourth-order valence-corrected chi connectivity index (χ4v) is 3.72. The molecule has 0 aliphatic carbocycles. The molecule has 0 spiro atoms. The number of benzene rings is 2. The van der Waals surface area contributed by atoms with Gasteiger partial charge >= 0.3 is 0 Å². The normalized spacial score (nSPS) is 15.9. The summed E-state index contributed by atoms with van der Waals surface area (Å²) in [5.41, 5.74) is 2.87. The standard InChI is InChI=1S/C21H25Cl2N3O2/c1-25(2)17-6-3-15(4-7-17)20(26-9-11-28-12-10-26)14-24-21(27)16-5-8-18(22)19(23)13-16/h3-8,13,20H,9-12,14H2,1-2H3,(H,24,27)/p+1/t20-/m1/s1. The van der Waals surface area contributed by atoms with Gasteiger partial charge in [-0.2, -0.15) is 0 Å². The molecule has 3 rings (SSSR count). The lowest BCUT2D eigenvalue weighted by atomic mass is 10.0. The molecule has 0 saturated carbocycles. The lowest BCUT2D eigenvalue weighted by Crippen LogP contribution is -3.15. The summed E-state index contributed by atoms with van der Waals surface area (Å²) in [4.78, 5) is 16.1. The largest absolute Gasteiger partial charge is 0.378 e. The molecule has 1 atom stereocenters. The van der Waals surface area contributed by atoms with E-state index in [-0.39, 0.29) is 11.9 Å². The minimum absolute atomic E-state index is 0.152. The highest BCUT2D eigenvalue weighted by atomic mass is 35.5. The lowest BCUT2D eigenvalue weighted by Gasteiger charge is -2.32. The van der Waals surface area contributed by atoms with Crippen LogP contribution in [0.25, 0.3) is 0 Å². The van der Waals surface area contributed by atoms with E-state index in [4.69, 9.17) is 27.9 Å². The summed E-state index contributed by atoms with van der Waals surface area (Å²) >= 11 is 12.0. The van der Waals surface area contributed by atoms with Gasteiger partial charge in [-0.3, -0.25) is 4.79 Å². The van der Waals surface area contributed by atoms with Gasteiger partial charge in [0.05, 0.1) is 29.8 Å². The van der Waals surface area contributed by atoms with Gasteiger partial charge in [0.1, 0.15) is 19.1 Å². The number of morpholine rings is 1. The number of ether oxygens (including phenoxy) is 1. The zero-order valence-electron chi connectivity index (χ0n) is 16.2. The molecule has 2 aromatic carbocycles. The van der Waals surface area contributed by atoms with Crippen molar-refractivity contribution in [2.45, 2.75) is 6.04 Å². The molecular formula is C21H26Cl2N3O2+. The summed E-state index contributed by atoms with van der Waals surface area (Å²) in [5, 5.41) is 3.88. The number of nitrogens with zero attached hydrogens (tertiary/aromatic N) is 1. The van der Waals surface area contributed by atoms with Gasteiger partial charge in [0.25, 0.3) is 5.91 Å². The molecule has 1 aliphatic heterocycles. The zero-order chi connectivity index (χ0) is 20.1. The molecule has 7 heteroatoms. The van der Waals surface area contributed by atoms with E-state index in [9.17, 15) is 4.79 Å². The van der Waals surface area contributed by atoms with Gasteiger partial charge < -0.3 is 19.9 Å². The Kier molecular flexibility index (Phi) is 7.18. The predicted octanol–water partition coefficient (Wildman–Crippen LogP) is 2.45. The van der Waals surface area contributed by atoms with Crippen molar-refractivity contribution in [2.75, 3.05) is 51.8 Å². The smallest absolute Gasteiger partial charge is 0.251 e. The number of carbonyl (C=O) groups is 1. The number of rotatable bonds is 6. The van der Waals surface area contributed by atoms with Crippen LogP contribution in [0, 0.1) is 0 Å². The molecule has 1 amide bonds. The SMILES string of the molecule is CN(C)c1ccc([C@@H](CNC(=O)c2ccc(Cl)c(Cl)c2)[NH+]2CCOCC2)cc1. The third kappa shape index (κ3) is 5.17. The highest BCUT2D eigenvalue weighted by molar-refractivity contribution is 6.42. The number of halogens is 2. The van der Waals surface area contributed by atoms with Gasteiger partial charge in [-0.1, -0.05) is 35.3 Å². The average molecular weight is 423 g/mol.